The van der Waals surface area contributed by atoms with E-state index in [9.17, 15) is 4.79 Å². The fourth-order valence-electron chi connectivity index (χ4n) is 2.76. The van der Waals surface area contributed by atoms with Crippen molar-refractivity contribution in [3.8, 4) is 0 Å². The van der Waals surface area contributed by atoms with Gasteiger partial charge < -0.3 is 10.2 Å². The Morgan fingerprint density at radius 1 is 1.31 bits per heavy atom. The maximum atomic E-state index is 12.1. The van der Waals surface area contributed by atoms with Gasteiger partial charge in [-0.15, -0.1) is 0 Å². The van der Waals surface area contributed by atoms with E-state index in [1.165, 1.54) is 19.3 Å². The van der Waals surface area contributed by atoms with Crippen LogP contribution in [0, 0.1) is 11.8 Å². The van der Waals surface area contributed by atoms with Gasteiger partial charge in [0, 0.05) is 25.6 Å². The number of piperidine rings is 1. The van der Waals surface area contributed by atoms with E-state index in [4.69, 9.17) is 0 Å². The van der Waals surface area contributed by atoms with Crippen molar-refractivity contribution in [1.82, 2.24) is 10.2 Å². The highest BCUT2D eigenvalue weighted by Gasteiger charge is 2.27. The van der Waals surface area contributed by atoms with Gasteiger partial charge in [-0.2, -0.15) is 0 Å². The average molecular weight is 224 g/mol. The van der Waals surface area contributed by atoms with Gasteiger partial charge in [0.05, 0.1) is 0 Å². The van der Waals surface area contributed by atoms with E-state index in [1.807, 2.05) is 0 Å². The van der Waals surface area contributed by atoms with Crippen LogP contribution in [0.15, 0.2) is 0 Å². The molecule has 3 nitrogen and oxygen atoms in total. The van der Waals surface area contributed by atoms with Gasteiger partial charge in [-0.05, 0) is 37.6 Å². The molecule has 0 saturated carbocycles. The summed E-state index contributed by atoms with van der Waals surface area (Å²) in [5.41, 5.74) is 0. The number of amides is 1. The van der Waals surface area contributed by atoms with Gasteiger partial charge in [-0.3, -0.25) is 4.79 Å². The van der Waals surface area contributed by atoms with Crippen molar-refractivity contribution >= 4 is 5.91 Å². The number of likely N-dealkylation sites (tertiary alicyclic amines) is 1. The largest absolute Gasteiger partial charge is 0.342 e. The molecule has 92 valence electrons. The number of nitrogens with zero attached hydrogens (tertiary/aromatic N) is 1. The van der Waals surface area contributed by atoms with Crippen LogP contribution < -0.4 is 5.32 Å². The lowest BCUT2D eigenvalue weighted by molar-refractivity contribution is -0.134. The van der Waals surface area contributed by atoms with E-state index >= 15 is 0 Å². The summed E-state index contributed by atoms with van der Waals surface area (Å²) < 4.78 is 0. The predicted molar refractivity (Wildman–Crippen MR) is 65.2 cm³/mol. The molecular weight excluding hydrogens is 200 g/mol. The van der Waals surface area contributed by atoms with Crippen LogP contribution >= 0.6 is 0 Å². The molecule has 2 heterocycles. The molecule has 0 aliphatic carbocycles. The Bertz CT molecular complexity index is 248. The van der Waals surface area contributed by atoms with Gasteiger partial charge in [0.2, 0.25) is 5.91 Å². The summed E-state index contributed by atoms with van der Waals surface area (Å²) in [5.74, 6) is 1.79. The van der Waals surface area contributed by atoms with Crippen LogP contribution in [0.1, 0.15) is 39.5 Å². The van der Waals surface area contributed by atoms with E-state index in [0.717, 1.165) is 25.6 Å². The van der Waals surface area contributed by atoms with Crippen molar-refractivity contribution in [3.63, 3.8) is 0 Å². The van der Waals surface area contributed by atoms with Crippen molar-refractivity contribution in [1.29, 1.82) is 0 Å². The van der Waals surface area contributed by atoms with Crippen LogP contribution in [-0.4, -0.2) is 36.5 Å². The number of nitrogens with one attached hydrogen (secondary N) is 1. The highest BCUT2D eigenvalue weighted by molar-refractivity contribution is 5.77. The Morgan fingerprint density at radius 2 is 2.12 bits per heavy atom. The minimum Gasteiger partial charge on any atom is -0.342 e. The van der Waals surface area contributed by atoms with Gasteiger partial charge in [0.25, 0.3) is 0 Å². The molecule has 0 spiro atoms. The maximum absolute atomic E-state index is 12.1. The predicted octanol–water partition coefficient (Wildman–Crippen LogP) is 1.63. The number of carbonyl (C=O) groups is 1. The van der Waals surface area contributed by atoms with Crippen molar-refractivity contribution in [3.05, 3.63) is 0 Å². The van der Waals surface area contributed by atoms with E-state index in [1.54, 1.807) is 0 Å². The highest BCUT2D eigenvalue weighted by Crippen LogP contribution is 2.23. The molecule has 3 atom stereocenters. The molecular formula is C13H24N2O. The van der Waals surface area contributed by atoms with Crippen molar-refractivity contribution in [2.75, 3.05) is 19.6 Å². The van der Waals surface area contributed by atoms with E-state index in [-0.39, 0.29) is 0 Å². The minimum absolute atomic E-state index is 0.359. The molecule has 0 aromatic heterocycles. The van der Waals surface area contributed by atoms with E-state index < -0.39 is 0 Å². The summed E-state index contributed by atoms with van der Waals surface area (Å²) in [6, 6.07) is 0.446. The van der Waals surface area contributed by atoms with E-state index in [0.29, 0.717) is 24.3 Å². The van der Waals surface area contributed by atoms with Crippen LogP contribution in [0.25, 0.3) is 0 Å². The molecule has 16 heavy (non-hydrogen) atoms. The molecule has 2 saturated heterocycles. The van der Waals surface area contributed by atoms with Crippen molar-refractivity contribution < 1.29 is 4.79 Å². The van der Waals surface area contributed by atoms with Gasteiger partial charge in [0.1, 0.15) is 0 Å². The second-order valence-corrected chi connectivity index (χ2v) is 5.58. The first-order valence-corrected chi connectivity index (χ1v) is 6.68. The molecule has 0 aromatic rings. The molecule has 2 aliphatic rings. The van der Waals surface area contributed by atoms with Crippen LogP contribution in [0.5, 0.6) is 0 Å². The molecule has 1 N–H and O–H groups in total. The first-order chi connectivity index (χ1) is 7.66. The third-order valence-electron chi connectivity index (χ3n) is 4.27. The molecule has 3 heteroatoms. The average Bonchev–Trinajstić information content (AvgIpc) is 2.74. The lowest BCUT2D eigenvalue weighted by Gasteiger charge is -2.35. The molecule has 0 radical (unpaired) electrons. The zero-order valence-corrected chi connectivity index (χ0v) is 10.5. The number of hydrogen-bond donors (Lipinski definition) is 1. The third-order valence-corrected chi connectivity index (χ3v) is 4.27. The minimum atomic E-state index is 0.359. The third kappa shape index (κ3) is 2.76. The highest BCUT2D eigenvalue weighted by atomic mass is 16.2. The molecule has 3 unspecified atom stereocenters. The summed E-state index contributed by atoms with van der Waals surface area (Å²) >= 11 is 0. The second-order valence-electron chi connectivity index (χ2n) is 5.58. The van der Waals surface area contributed by atoms with Gasteiger partial charge in [0.15, 0.2) is 0 Å². The smallest absolute Gasteiger partial charge is 0.224 e. The Balaban J connectivity index is 1.80. The lowest BCUT2D eigenvalue weighted by Crippen LogP contribution is -2.44. The van der Waals surface area contributed by atoms with Crippen LogP contribution in [-0.2, 0) is 4.79 Å². The van der Waals surface area contributed by atoms with Gasteiger partial charge in [-0.1, -0.05) is 13.8 Å². The zero-order chi connectivity index (χ0) is 11.5. The quantitative estimate of drug-likeness (QED) is 0.773. The Kier molecular flexibility index (Phi) is 3.85. The summed E-state index contributed by atoms with van der Waals surface area (Å²) in [5, 5.41) is 3.40. The molecule has 2 aliphatic heterocycles. The van der Waals surface area contributed by atoms with Gasteiger partial charge >= 0.3 is 0 Å². The van der Waals surface area contributed by atoms with Crippen LogP contribution in [0.2, 0.25) is 0 Å². The van der Waals surface area contributed by atoms with Crippen molar-refractivity contribution in [2.24, 2.45) is 11.8 Å². The van der Waals surface area contributed by atoms with Crippen molar-refractivity contribution in [2.45, 2.75) is 45.6 Å². The molecule has 0 aromatic carbocycles. The van der Waals surface area contributed by atoms with Crippen LogP contribution in [0.3, 0.4) is 0 Å². The second kappa shape index (κ2) is 5.17. The Labute approximate surface area is 98.6 Å². The SMILES string of the molecule is CC1CCN(C(=O)CC2CCCN2)CC1C. The topological polar surface area (TPSA) is 32.3 Å². The summed E-state index contributed by atoms with van der Waals surface area (Å²) in [4.78, 5) is 14.2. The molecule has 0 bridgehead atoms. The Hall–Kier alpha value is -0.570. The first-order valence-electron chi connectivity index (χ1n) is 6.68. The zero-order valence-electron chi connectivity index (χ0n) is 10.5. The first kappa shape index (κ1) is 11.9. The Morgan fingerprint density at radius 3 is 2.75 bits per heavy atom. The number of rotatable bonds is 2. The fraction of sp³-hybridized carbons (Fsp3) is 0.923. The van der Waals surface area contributed by atoms with E-state index in [2.05, 4.69) is 24.1 Å². The monoisotopic (exact) mass is 224 g/mol. The van der Waals surface area contributed by atoms with Gasteiger partial charge in [-0.25, -0.2) is 0 Å². The number of carbonyl (C=O) groups excluding carboxylic acids is 1. The molecule has 1 amide bonds. The summed E-state index contributed by atoms with van der Waals surface area (Å²) in [6.45, 7) is 7.58. The standard InChI is InChI=1S/C13H24N2O/c1-10-5-7-15(9-11(10)2)13(16)8-12-4-3-6-14-12/h10-12,14H,3-9H2,1-2H3. The summed E-state index contributed by atoms with van der Waals surface area (Å²) in [7, 11) is 0. The normalized spacial score (nSPS) is 35.4. The molecule has 2 fully saturated rings. The molecule has 2 rings (SSSR count). The lowest BCUT2D eigenvalue weighted by atomic mass is 9.88. The maximum Gasteiger partial charge on any atom is 0.224 e. The van der Waals surface area contributed by atoms with Crippen LogP contribution in [0.4, 0.5) is 0 Å². The number of hydrogen-bond acceptors (Lipinski definition) is 2. The summed E-state index contributed by atoms with van der Waals surface area (Å²) in [6.07, 6.45) is 4.28. The fourth-order valence-corrected chi connectivity index (χ4v) is 2.76.